The van der Waals surface area contributed by atoms with Crippen molar-refractivity contribution in [3.8, 4) is 0 Å². The molecule has 19 heavy (non-hydrogen) atoms. The largest absolute Gasteiger partial charge is 0.386 e. The second-order valence-corrected chi connectivity index (χ2v) is 4.60. The molecule has 0 radical (unpaired) electrons. The molecule has 0 amide bonds. The number of hydrogen-bond donors (Lipinski definition) is 1. The Kier molecular flexibility index (Phi) is 5.93. The van der Waals surface area contributed by atoms with Gasteiger partial charge >= 0.3 is 0 Å². The molecule has 1 N–H and O–H groups in total. The van der Waals surface area contributed by atoms with Crippen LogP contribution in [0.2, 0.25) is 0 Å². The summed E-state index contributed by atoms with van der Waals surface area (Å²) in [6.07, 6.45) is 3.35. The number of aromatic nitrogens is 1. The average molecular weight is 259 g/mol. The normalized spacial score (nSPS) is 14.1. The first-order valence-electron chi connectivity index (χ1n) is 6.37. The third-order valence-corrected chi connectivity index (χ3v) is 2.55. The zero-order valence-electron chi connectivity index (χ0n) is 12.0. The van der Waals surface area contributed by atoms with Gasteiger partial charge in [0.1, 0.15) is 0 Å². The standard InChI is InChI=1S/C15H21N3O/c1-11(9-13(3)19)17-10-12(2)18-14(4)15-7-5-6-8-16-15/h5-9,12,17H,10H2,1-4H3/b11-9+,18-14?. The smallest absolute Gasteiger partial charge is 0.154 e. The molecule has 1 unspecified atom stereocenters. The van der Waals surface area contributed by atoms with E-state index in [0.717, 1.165) is 17.1 Å². The Morgan fingerprint density at radius 3 is 2.74 bits per heavy atom. The first-order valence-corrected chi connectivity index (χ1v) is 6.37. The second kappa shape index (κ2) is 7.46. The van der Waals surface area contributed by atoms with E-state index in [2.05, 4.69) is 15.3 Å². The predicted octanol–water partition coefficient (Wildman–Crippen LogP) is 2.36. The lowest BCUT2D eigenvalue weighted by molar-refractivity contribution is -0.112. The number of ketones is 1. The summed E-state index contributed by atoms with van der Waals surface area (Å²) in [4.78, 5) is 19.7. The molecular weight excluding hydrogens is 238 g/mol. The highest BCUT2D eigenvalue weighted by molar-refractivity contribution is 5.96. The molecule has 0 aliphatic rings. The SMILES string of the molecule is CC(=O)/C=C(\C)NCC(C)N=C(C)c1ccccn1. The highest BCUT2D eigenvalue weighted by atomic mass is 16.1. The monoisotopic (exact) mass is 259 g/mol. The van der Waals surface area contributed by atoms with Crippen LogP contribution in [0.4, 0.5) is 0 Å². The Hall–Kier alpha value is -1.97. The number of nitrogens with zero attached hydrogens (tertiary/aromatic N) is 2. The minimum absolute atomic E-state index is 0.0471. The molecule has 0 aliphatic heterocycles. The predicted molar refractivity (Wildman–Crippen MR) is 78.4 cm³/mol. The van der Waals surface area contributed by atoms with E-state index in [1.165, 1.54) is 6.92 Å². The van der Waals surface area contributed by atoms with Crippen molar-refractivity contribution >= 4 is 11.5 Å². The van der Waals surface area contributed by atoms with Gasteiger partial charge in [0.15, 0.2) is 5.78 Å². The third-order valence-electron chi connectivity index (χ3n) is 2.55. The van der Waals surface area contributed by atoms with Gasteiger partial charge < -0.3 is 5.32 Å². The topological polar surface area (TPSA) is 54.4 Å². The number of rotatable bonds is 6. The van der Waals surface area contributed by atoms with Crippen molar-refractivity contribution in [2.24, 2.45) is 4.99 Å². The van der Waals surface area contributed by atoms with Crippen LogP contribution in [0.1, 0.15) is 33.4 Å². The summed E-state index contributed by atoms with van der Waals surface area (Å²) in [6.45, 7) is 8.10. The quantitative estimate of drug-likeness (QED) is 0.630. The summed E-state index contributed by atoms with van der Waals surface area (Å²) in [5.74, 6) is 0.0471. The molecule has 0 saturated heterocycles. The summed E-state index contributed by atoms with van der Waals surface area (Å²) in [5, 5.41) is 3.18. The number of hydrogen-bond acceptors (Lipinski definition) is 4. The van der Waals surface area contributed by atoms with Crippen LogP contribution >= 0.6 is 0 Å². The Bertz CT molecular complexity index is 477. The van der Waals surface area contributed by atoms with Crippen LogP contribution < -0.4 is 5.32 Å². The van der Waals surface area contributed by atoms with E-state index < -0.39 is 0 Å². The van der Waals surface area contributed by atoms with Gasteiger partial charge in [-0.2, -0.15) is 0 Å². The van der Waals surface area contributed by atoms with E-state index in [4.69, 9.17) is 0 Å². The molecule has 1 atom stereocenters. The average Bonchev–Trinajstić information content (AvgIpc) is 2.36. The summed E-state index contributed by atoms with van der Waals surface area (Å²) in [7, 11) is 0. The molecule has 1 aromatic rings. The lowest BCUT2D eigenvalue weighted by Gasteiger charge is -2.11. The van der Waals surface area contributed by atoms with Crippen LogP contribution in [0.15, 0.2) is 41.2 Å². The van der Waals surface area contributed by atoms with Crippen LogP contribution in [0.25, 0.3) is 0 Å². The molecule has 4 nitrogen and oxygen atoms in total. The molecule has 0 bridgehead atoms. The molecule has 0 spiro atoms. The molecule has 0 fully saturated rings. The van der Waals surface area contributed by atoms with Gasteiger partial charge in [-0.1, -0.05) is 6.07 Å². The van der Waals surface area contributed by atoms with Crippen LogP contribution in [0.3, 0.4) is 0 Å². The van der Waals surface area contributed by atoms with Gasteiger partial charge in [-0.25, -0.2) is 0 Å². The van der Waals surface area contributed by atoms with Gasteiger partial charge in [-0.3, -0.25) is 14.8 Å². The molecular formula is C15H21N3O. The zero-order valence-corrected chi connectivity index (χ0v) is 12.0. The Balaban J connectivity index is 2.55. The van der Waals surface area contributed by atoms with Gasteiger partial charge in [-0.05, 0) is 45.9 Å². The van der Waals surface area contributed by atoms with E-state index in [1.807, 2.05) is 39.0 Å². The van der Waals surface area contributed by atoms with E-state index >= 15 is 0 Å². The third kappa shape index (κ3) is 5.95. The minimum Gasteiger partial charge on any atom is -0.386 e. The van der Waals surface area contributed by atoms with Gasteiger partial charge in [0.2, 0.25) is 0 Å². The van der Waals surface area contributed by atoms with Crippen molar-refractivity contribution in [3.63, 3.8) is 0 Å². The maximum Gasteiger partial charge on any atom is 0.154 e. The van der Waals surface area contributed by atoms with Crippen molar-refractivity contribution < 1.29 is 4.79 Å². The summed E-state index contributed by atoms with van der Waals surface area (Å²) < 4.78 is 0. The van der Waals surface area contributed by atoms with Crippen LogP contribution in [0, 0.1) is 0 Å². The molecule has 0 aromatic carbocycles. The first kappa shape index (κ1) is 15.1. The van der Waals surface area contributed by atoms with Gasteiger partial charge in [0, 0.05) is 18.4 Å². The van der Waals surface area contributed by atoms with E-state index in [0.29, 0.717) is 6.54 Å². The van der Waals surface area contributed by atoms with Crippen LogP contribution in [-0.2, 0) is 4.79 Å². The first-order chi connectivity index (χ1) is 8.99. The lowest BCUT2D eigenvalue weighted by atomic mass is 10.2. The zero-order chi connectivity index (χ0) is 14.3. The highest BCUT2D eigenvalue weighted by Gasteiger charge is 2.03. The maximum absolute atomic E-state index is 10.9. The van der Waals surface area contributed by atoms with Crippen LogP contribution in [0.5, 0.6) is 0 Å². The van der Waals surface area contributed by atoms with E-state index in [1.54, 1.807) is 12.3 Å². The highest BCUT2D eigenvalue weighted by Crippen LogP contribution is 2.00. The lowest BCUT2D eigenvalue weighted by Crippen LogP contribution is -2.23. The van der Waals surface area contributed by atoms with Crippen molar-refractivity contribution in [1.82, 2.24) is 10.3 Å². The Morgan fingerprint density at radius 1 is 1.42 bits per heavy atom. The number of carbonyl (C=O) groups excluding carboxylic acids is 1. The van der Waals surface area contributed by atoms with E-state index in [9.17, 15) is 4.79 Å². The summed E-state index contributed by atoms with van der Waals surface area (Å²) in [5.41, 5.74) is 2.68. The molecule has 0 saturated carbocycles. The Morgan fingerprint density at radius 2 is 2.16 bits per heavy atom. The maximum atomic E-state index is 10.9. The fourth-order valence-electron chi connectivity index (χ4n) is 1.68. The van der Waals surface area contributed by atoms with Crippen molar-refractivity contribution in [2.75, 3.05) is 6.54 Å². The number of pyridine rings is 1. The van der Waals surface area contributed by atoms with Gasteiger partial charge in [-0.15, -0.1) is 0 Å². The molecule has 1 aromatic heterocycles. The van der Waals surface area contributed by atoms with Crippen LogP contribution in [-0.4, -0.2) is 29.1 Å². The molecule has 1 heterocycles. The summed E-state index contributed by atoms with van der Waals surface area (Å²) >= 11 is 0. The fourth-order valence-corrected chi connectivity index (χ4v) is 1.68. The number of nitrogens with one attached hydrogen (secondary N) is 1. The van der Waals surface area contributed by atoms with Gasteiger partial charge in [0.25, 0.3) is 0 Å². The number of carbonyl (C=O) groups is 1. The number of aliphatic imine (C=N–C) groups is 1. The number of allylic oxidation sites excluding steroid dienone is 2. The molecule has 4 heteroatoms. The fraction of sp³-hybridized carbons (Fsp3) is 0.400. The second-order valence-electron chi connectivity index (χ2n) is 4.60. The van der Waals surface area contributed by atoms with E-state index in [-0.39, 0.29) is 11.8 Å². The van der Waals surface area contributed by atoms with Crippen molar-refractivity contribution in [1.29, 1.82) is 0 Å². The molecule has 0 aliphatic carbocycles. The molecule has 102 valence electrons. The Labute approximate surface area is 114 Å². The van der Waals surface area contributed by atoms with Crippen molar-refractivity contribution in [3.05, 3.63) is 41.9 Å². The van der Waals surface area contributed by atoms with Gasteiger partial charge in [0.05, 0.1) is 17.4 Å². The molecule has 1 rings (SSSR count). The summed E-state index contributed by atoms with van der Waals surface area (Å²) in [6, 6.07) is 5.90. The minimum atomic E-state index is 0.0471. The van der Waals surface area contributed by atoms with Crippen molar-refractivity contribution in [2.45, 2.75) is 33.7 Å².